The maximum atomic E-state index is 6.28. The van der Waals surface area contributed by atoms with E-state index in [0.717, 1.165) is 18.9 Å². The van der Waals surface area contributed by atoms with E-state index in [4.69, 9.17) is 4.74 Å². The van der Waals surface area contributed by atoms with Crippen LogP contribution in [0.4, 0.5) is 0 Å². The number of aryl methyl sites for hydroxylation is 1. The minimum absolute atomic E-state index is 0.0628. The Bertz CT molecular complexity index is 368. The molecule has 20 heavy (non-hydrogen) atoms. The van der Waals surface area contributed by atoms with Crippen LogP contribution in [-0.2, 0) is 11.2 Å². The number of hydrogen-bond donors (Lipinski definition) is 1. The first-order chi connectivity index (χ1) is 9.70. The summed E-state index contributed by atoms with van der Waals surface area (Å²) < 4.78 is 6.28. The van der Waals surface area contributed by atoms with E-state index in [9.17, 15) is 0 Å². The second-order valence-corrected chi connectivity index (χ2v) is 7.17. The van der Waals surface area contributed by atoms with Crippen molar-refractivity contribution in [1.82, 2.24) is 5.32 Å². The third-order valence-corrected chi connectivity index (χ3v) is 5.73. The third-order valence-electron chi connectivity index (χ3n) is 4.80. The zero-order valence-corrected chi connectivity index (χ0v) is 14.0. The summed E-state index contributed by atoms with van der Waals surface area (Å²) in [6.45, 7) is 5.33. The molecule has 1 N–H and O–H groups in total. The normalized spacial score (nSPS) is 28.4. The number of thiophene rings is 1. The Morgan fingerprint density at radius 2 is 2.20 bits per heavy atom. The molecule has 2 nitrogen and oxygen atoms in total. The summed E-state index contributed by atoms with van der Waals surface area (Å²) in [7, 11) is 2.10. The van der Waals surface area contributed by atoms with Gasteiger partial charge in [0.2, 0.25) is 0 Å². The maximum Gasteiger partial charge on any atom is 0.0834 e. The fourth-order valence-corrected chi connectivity index (χ4v) is 4.27. The van der Waals surface area contributed by atoms with E-state index in [2.05, 4.69) is 43.7 Å². The molecule has 1 saturated carbocycles. The van der Waals surface area contributed by atoms with Gasteiger partial charge in [0.1, 0.15) is 0 Å². The number of nitrogens with one attached hydrogen (secondary N) is 1. The SMILES string of the molecule is CCOC1(C(CCc2cccs2)NC)CCC(C)CC1. The Kier molecular flexibility index (Phi) is 6.06. The molecule has 1 aliphatic carbocycles. The standard InChI is InChI=1S/C17H29NOS/c1-4-19-17(11-9-14(2)10-12-17)16(18-3)8-7-15-6-5-13-20-15/h5-6,13-14,16,18H,4,7-12H2,1-3H3. The first kappa shape index (κ1) is 16.0. The number of likely N-dealkylation sites (N-methyl/N-ethyl adjacent to an activating group) is 1. The summed E-state index contributed by atoms with van der Waals surface area (Å²) in [5.74, 6) is 0.860. The Labute approximate surface area is 127 Å². The molecule has 1 aliphatic rings. The molecule has 0 bridgehead atoms. The van der Waals surface area contributed by atoms with Crippen LogP contribution in [0.3, 0.4) is 0 Å². The molecule has 0 spiro atoms. The Balaban J connectivity index is 2.00. The number of hydrogen-bond acceptors (Lipinski definition) is 3. The number of rotatable bonds is 7. The molecule has 0 amide bonds. The minimum atomic E-state index is 0.0628. The van der Waals surface area contributed by atoms with Gasteiger partial charge in [-0.1, -0.05) is 13.0 Å². The lowest BCUT2D eigenvalue weighted by atomic mass is 9.74. The second kappa shape index (κ2) is 7.58. The predicted molar refractivity (Wildman–Crippen MR) is 87.5 cm³/mol. The van der Waals surface area contributed by atoms with Crippen LogP contribution in [0.1, 0.15) is 50.8 Å². The lowest BCUT2D eigenvalue weighted by Gasteiger charge is -2.45. The average Bonchev–Trinajstić information content (AvgIpc) is 2.96. The second-order valence-electron chi connectivity index (χ2n) is 6.14. The van der Waals surface area contributed by atoms with E-state index >= 15 is 0 Å². The highest BCUT2D eigenvalue weighted by Crippen LogP contribution is 2.38. The highest BCUT2D eigenvalue weighted by atomic mass is 32.1. The summed E-state index contributed by atoms with van der Waals surface area (Å²) in [6, 6.07) is 4.86. The highest BCUT2D eigenvalue weighted by molar-refractivity contribution is 7.09. The van der Waals surface area contributed by atoms with E-state index in [1.807, 2.05) is 11.3 Å². The Morgan fingerprint density at radius 3 is 2.75 bits per heavy atom. The van der Waals surface area contributed by atoms with Gasteiger partial charge in [0.25, 0.3) is 0 Å². The number of ether oxygens (including phenoxy) is 1. The van der Waals surface area contributed by atoms with Crippen LogP contribution in [0.25, 0.3) is 0 Å². The molecule has 1 unspecified atom stereocenters. The molecule has 1 atom stereocenters. The van der Waals surface area contributed by atoms with Crippen LogP contribution >= 0.6 is 11.3 Å². The van der Waals surface area contributed by atoms with Gasteiger partial charge in [-0.3, -0.25) is 0 Å². The van der Waals surface area contributed by atoms with Gasteiger partial charge in [0.05, 0.1) is 5.60 Å². The third kappa shape index (κ3) is 3.84. The largest absolute Gasteiger partial charge is 0.374 e. The highest BCUT2D eigenvalue weighted by Gasteiger charge is 2.41. The van der Waals surface area contributed by atoms with Crippen molar-refractivity contribution >= 4 is 11.3 Å². The molecular weight excluding hydrogens is 266 g/mol. The summed E-state index contributed by atoms with van der Waals surface area (Å²) in [5.41, 5.74) is 0.0628. The minimum Gasteiger partial charge on any atom is -0.374 e. The summed E-state index contributed by atoms with van der Waals surface area (Å²) in [5, 5.41) is 5.73. The fourth-order valence-electron chi connectivity index (χ4n) is 3.54. The smallest absolute Gasteiger partial charge is 0.0834 e. The van der Waals surface area contributed by atoms with Gasteiger partial charge in [0.15, 0.2) is 0 Å². The monoisotopic (exact) mass is 295 g/mol. The van der Waals surface area contributed by atoms with Crippen molar-refractivity contribution in [3.8, 4) is 0 Å². The molecule has 1 heterocycles. The molecule has 0 radical (unpaired) electrons. The van der Waals surface area contributed by atoms with Gasteiger partial charge in [-0.15, -0.1) is 11.3 Å². The molecule has 0 saturated heterocycles. The van der Waals surface area contributed by atoms with Gasteiger partial charge in [-0.25, -0.2) is 0 Å². The van der Waals surface area contributed by atoms with Gasteiger partial charge < -0.3 is 10.1 Å². The molecule has 1 aromatic heterocycles. The Morgan fingerprint density at radius 1 is 1.45 bits per heavy atom. The van der Waals surface area contributed by atoms with Crippen molar-refractivity contribution in [3.05, 3.63) is 22.4 Å². The molecule has 0 aliphatic heterocycles. The molecular formula is C17H29NOS. The zero-order valence-electron chi connectivity index (χ0n) is 13.2. The summed E-state index contributed by atoms with van der Waals surface area (Å²) in [4.78, 5) is 1.49. The summed E-state index contributed by atoms with van der Waals surface area (Å²) >= 11 is 1.87. The van der Waals surface area contributed by atoms with E-state index in [-0.39, 0.29) is 5.60 Å². The van der Waals surface area contributed by atoms with Crippen LogP contribution in [0, 0.1) is 5.92 Å². The Hall–Kier alpha value is -0.380. The fraction of sp³-hybridized carbons (Fsp3) is 0.765. The predicted octanol–water partition coefficient (Wildman–Crippen LogP) is 4.25. The van der Waals surface area contributed by atoms with Gasteiger partial charge in [0, 0.05) is 17.5 Å². The van der Waals surface area contributed by atoms with Crippen molar-refractivity contribution in [3.63, 3.8) is 0 Å². The van der Waals surface area contributed by atoms with Crippen LogP contribution in [-0.4, -0.2) is 25.3 Å². The van der Waals surface area contributed by atoms with Crippen molar-refractivity contribution < 1.29 is 4.74 Å². The first-order valence-corrected chi connectivity index (χ1v) is 8.91. The van der Waals surface area contributed by atoms with Crippen molar-refractivity contribution in [2.45, 2.75) is 64.0 Å². The molecule has 1 aromatic rings. The quantitative estimate of drug-likeness (QED) is 0.812. The lowest BCUT2D eigenvalue weighted by molar-refractivity contribution is -0.0962. The molecule has 114 valence electrons. The van der Waals surface area contributed by atoms with E-state index in [1.54, 1.807) is 0 Å². The average molecular weight is 295 g/mol. The first-order valence-electron chi connectivity index (χ1n) is 8.04. The lowest BCUT2D eigenvalue weighted by Crippen LogP contribution is -2.53. The molecule has 1 fully saturated rings. The van der Waals surface area contributed by atoms with E-state index in [0.29, 0.717) is 6.04 Å². The maximum absolute atomic E-state index is 6.28. The van der Waals surface area contributed by atoms with Crippen molar-refractivity contribution in [2.24, 2.45) is 5.92 Å². The summed E-state index contributed by atoms with van der Waals surface area (Å²) in [6.07, 6.45) is 7.35. The molecule has 0 aromatic carbocycles. The van der Waals surface area contributed by atoms with Crippen LogP contribution in [0.15, 0.2) is 17.5 Å². The van der Waals surface area contributed by atoms with E-state index in [1.165, 1.54) is 37.0 Å². The van der Waals surface area contributed by atoms with Gasteiger partial charge >= 0.3 is 0 Å². The van der Waals surface area contributed by atoms with Gasteiger partial charge in [-0.2, -0.15) is 0 Å². The van der Waals surface area contributed by atoms with E-state index < -0.39 is 0 Å². The zero-order chi connectivity index (χ0) is 14.4. The molecule has 3 heteroatoms. The van der Waals surface area contributed by atoms with Gasteiger partial charge in [-0.05, 0) is 69.9 Å². The molecule has 2 rings (SSSR count). The van der Waals surface area contributed by atoms with Crippen LogP contribution < -0.4 is 5.32 Å². The van der Waals surface area contributed by atoms with Crippen LogP contribution in [0.5, 0.6) is 0 Å². The van der Waals surface area contributed by atoms with Crippen molar-refractivity contribution in [2.75, 3.05) is 13.7 Å². The van der Waals surface area contributed by atoms with Crippen LogP contribution in [0.2, 0.25) is 0 Å². The topological polar surface area (TPSA) is 21.3 Å². The van der Waals surface area contributed by atoms with Crippen molar-refractivity contribution in [1.29, 1.82) is 0 Å².